The van der Waals surface area contributed by atoms with E-state index in [0.29, 0.717) is 12.0 Å². The fourth-order valence-electron chi connectivity index (χ4n) is 3.87. The number of hydrogen-bond donors (Lipinski definition) is 1. The molecule has 0 aliphatic rings. The number of carbonyl (C=O) groups excluding carboxylic acids is 2. The molecular formula is C24H23N5O5. The smallest absolute Gasteiger partial charge is 0.306 e. The normalized spacial score (nSPS) is 11.0. The minimum absolute atomic E-state index is 0.0492. The molecule has 0 aliphatic heterocycles. The van der Waals surface area contributed by atoms with Crippen molar-refractivity contribution in [3.05, 3.63) is 75.1 Å². The number of nitrogens with one attached hydrogen (secondary N) is 1. The molecule has 0 saturated carbocycles. The van der Waals surface area contributed by atoms with Crippen LogP contribution in [0.25, 0.3) is 16.6 Å². The Kier molecular flexibility index (Phi) is 6.22. The van der Waals surface area contributed by atoms with Gasteiger partial charge in [-0.1, -0.05) is 18.2 Å². The Morgan fingerprint density at radius 1 is 1.15 bits per heavy atom. The molecule has 0 unspecified atom stereocenters. The second-order valence-corrected chi connectivity index (χ2v) is 8.00. The van der Waals surface area contributed by atoms with Crippen molar-refractivity contribution in [2.24, 2.45) is 0 Å². The van der Waals surface area contributed by atoms with E-state index < -0.39 is 23.4 Å². The van der Waals surface area contributed by atoms with Crippen LogP contribution >= 0.6 is 0 Å². The Labute approximate surface area is 194 Å². The summed E-state index contributed by atoms with van der Waals surface area (Å²) in [5.41, 5.74) is 4.69. The van der Waals surface area contributed by atoms with E-state index in [0.717, 1.165) is 33.5 Å². The fourth-order valence-corrected chi connectivity index (χ4v) is 3.87. The van der Waals surface area contributed by atoms with Gasteiger partial charge in [0, 0.05) is 29.3 Å². The highest BCUT2D eigenvalue weighted by Crippen LogP contribution is 2.25. The summed E-state index contributed by atoms with van der Waals surface area (Å²) in [5.74, 6) is -1.21. The van der Waals surface area contributed by atoms with Gasteiger partial charge in [0.1, 0.15) is 5.69 Å². The average Bonchev–Trinajstić information content (AvgIpc) is 3.17. The maximum absolute atomic E-state index is 12.3. The minimum atomic E-state index is -0.654. The van der Waals surface area contributed by atoms with Crippen LogP contribution in [0.1, 0.15) is 28.9 Å². The third-order valence-corrected chi connectivity index (χ3v) is 5.59. The lowest BCUT2D eigenvalue weighted by Gasteiger charge is -2.11. The van der Waals surface area contributed by atoms with Gasteiger partial charge in [-0.3, -0.25) is 19.7 Å². The Morgan fingerprint density at radius 3 is 2.68 bits per heavy atom. The van der Waals surface area contributed by atoms with Crippen LogP contribution in [0.5, 0.6) is 0 Å². The number of anilines is 1. The van der Waals surface area contributed by atoms with Crippen molar-refractivity contribution in [1.82, 2.24) is 14.6 Å². The Hall–Kier alpha value is -4.34. The Bertz CT molecular complexity index is 1440. The van der Waals surface area contributed by atoms with Crippen LogP contribution in [0.15, 0.2) is 42.5 Å². The first-order valence-corrected chi connectivity index (χ1v) is 10.7. The van der Waals surface area contributed by atoms with Crippen molar-refractivity contribution in [3.63, 3.8) is 0 Å². The number of aromatic nitrogens is 3. The van der Waals surface area contributed by atoms with Crippen LogP contribution in [0, 0.1) is 30.9 Å². The van der Waals surface area contributed by atoms with Crippen molar-refractivity contribution in [2.75, 3.05) is 11.9 Å². The molecule has 1 N–H and O–H groups in total. The molecule has 0 atom stereocenters. The summed E-state index contributed by atoms with van der Waals surface area (Å²) in [6, 6.07) is 12.2. The molecule has 4 rings (SSSR count). The number of hydrogen-bond acceptors (Lipinski definition) is 7. The monoisotopic (exact) mass is 461 g/mol. The van der Waals surface area contributed by atoms with Crippen LogP contribution < -0.4 is 5.32 Å². The van der Waals surface area contributed by atoms with Crippen LogP contribution in [0.4, 0.5) is 11.4 Å². The predicted octanol–water partition coefficient (Wildman–Crippen LogP) is 3.83. The summed E-state index contributed by atoms with van der Waals surface area (Å²) in [6.45, 7) is 4.99. The van der Waals surface area contributed by atoms with Crippen LogP contribution in [0.2, 0.25) is 0 Å². The molecule has 0 fully saturated rings. The molecule has 2 heterocycles. The summed E-state index contributed by atoms with van der Waals surface area (Å²) in [7, 11) is 0. The number of nitro benzene ring substituents is 1. The summed E-state index contributed by atoms with van der Waals surface area (Å²) in [5, 5.41) is 19.2. The average molecular weight is 461 g/mol. The van der Waals surface area contributed by atoms with E-state index in [-0.39, 0.29) is 17.8 Å². The first kappa shape index (κ1) is 22.8. The summed E-state index contributed by atoms with van der Waals surface area (Å²) < 4.78 is 6.85. The molecule has 0 aliphatic carbocycles. The van der Waals surface area contributed by atoms with Gasteiger partial charge < -0.3 is 10.1 Å². The molecule has 1 amide bonds. The van der Waals surface area contributed by atoms with E-state index in [1.807, 2.05) is 38.1 Å². The number of nitrogens with zero attached hydrogens (tertiary/aromatic N) is 4. The summed E-state index contributed by atoms with van der Waals surface area (Å²) in [4.78, 5) is 39.7. The third kappa shape index (κ3) is 4.56. The van der Waals surface area contributed by atoms with Gasteiger partial charge in [0.15, 0.2) is 12.3 Å². The highest BCUT2D eigenvalue weighted by Gasteiger charge is 2.18. The number of ether oxygens (including phenoxy) is 1. The van der Waals surface area contributed by atoms with E-state index >= 15 is 0 Å². The molecule has 10 heteroatoms. The van der Waals surface area contributed by atoms with Gasteiger partial charge in [0.25, 0.3) is 11.6 Å². The lowest BCUT2D eigenvalue weighted by atomic mass is 10.1. The number of amides is 1. The molecule has 34 heavy (non-hydrogen) atoms. The zero-order valence-electron chi connectivity index (χ0n) is 19.0. The zero-order chi connectivity index (χ0) is 24.4. The van der Waals surface area contributed by atoms with Gasteiger partial charge in [-0.05, 0) is 56.5 Å². The lowest BCUT2D eigenvalue weighted by Crippen LogP contribution is -2.21. The van der Waals surface area contributed by atoms with E-state index in [4.69, 9.17) is 4.74 Å². The van der Waals surface area contributed by atoms with Crippen LogP contribution in [-0.2, 0) is 20.7 Å². The molecule has 0 spiro atoms. The molecule has 174 valence electrons. The molecule has 2 aromatic heterocycles. The van der Waals surface area contributed by atoms with Crippen molar-refractivity contribution < 1.29 is 19.2 Å². The van der Waals surface area contributed by atoms with Gasteiger partial charge in [0.05, 0.1) is 10.4 Å². The highest BCUT2D eigenvalue weighted by atomic mass is 16.6. The molecule has 0 radical (unpaired) electrons. The number of esters is 1. The van der Waals surface area contributed by atoms with E-state index in [1.165, 1.54) is 12.1 Å². The first-order valence-electron chi connectivity index (χ1n) is 10.7. The highest BCUT2D eigenvalue weighted by molar-refractivity contribution is 5.95. The molecular weight excluding hydrogens is 438 g/mol. The number of benzene rings is 2. The standard InChI is InChI=1S/C24H23N5O5/c1-14-8-10-20(21(12-14)29(32)33)26-22(30)13-34-23(31)11-9-17-15(2)25-24-18-6-4-5-7-19(18)27-28(24)16(17)3/h4-8,10,12H,9,11,13H2,1-3H3,(H,26,30). The molecule has 10 nitrogen and oxygen atoms in total. The number of rotatable bonds is 7. The topological polar surface area (TPSA) is 129 Å². The number of carbonyl (C=O) groups is 2. The first-order chi connectivity index (χ1) is 16.2. The minimum Gasteiger partial charge on any atom is -0.456 e. The molecule has 0 bridgehead atoms. The van der Waals surface area contributed by atoms with Gasteiger partial charge in [-0.15, -0.1) is 0 Å². The second-order valence-electron chi connectivity index (χ2n) is 8.00. The van der Waals surface area contributed by atoms with Crippen LogP contribution in [0.3, 0.4) is 0 Å². The summed E-state index contributed by atoms with van der Waals surface area (Å²) in [6.07, 6.45) is 0.425. The maximum atomic E-state index is 12.3. The van der Waals surface area contributed by atoms with Gasteiger partial charge in [-0.25, -0.2) is 9.50 Å². The lowest BCUT2D eigenvalue weighted by molar-refractivity contribution is -0.384. The SMILES string of the molecule is Cc1ccc(NC(=O)COC(=O)CCc2c(C)nc3c4ccccc4nn3c2C)c([N+](=O)[O-])c1. The van der Waals surface area contributed by atoms with E-state index in [9.17, 15) is 19.7 Å². The third-order valence-electron chi connectivity index (χ3n) is 5.59. The Balaban J connectivity index is 1.38. The van der Waals surface area contributed by atoms with Crippen molar-refractivity contribution in [3.8, 4) is 0 Å². The van der Waals surface area contributed by atoms with Crippen molar-refractivity contribution >= 4 is 39.8 Å². The number of aryl methyl sites for hydroxylation is 3. The Morgan fingerprint density at radius 2 is 1.91 bits per heavy atom. The van der Waals surface area contributed by atoms with E-state index in [1.54, 1.807) is 17.5 Å². The quantitative estimate of drug-likeness (QED) is 0.252. The molecule has 0 saturated heterocycles. The van der Waals surface area contributed by atoms with Gasteiger partial charge in [0.2, 0.25) is 0 Å². The second kappa shape index (κ2) is 9.26. The number of nitro groups is 1. The number of fused-ring (bicyclic) bond motifs is 3. The molecule has 4 aromatic rings. The van der Waals surface area contributed by atoms with Crippen molar-refractivity contribution in [1.29, 1.82) is 0 Å². The fraction of sp³-hybridized carbons (Fsp3) is 0.250. The van der Waals surface area contributed by atoms with Gasteiger partial charge in [-0.2, -0.15) is 5.10 Å². The van der Waals surface area contributed by atoms with Crippen LogP contribution in [-0.4, -0.2) is 38.0 Å². The largest absolute Gasteiger partial charge is 0.456 e. The summed E-state index contributed by atoms with van der Waals surface area (Å²) >= 11 is 0. The zero-order valence-corrected chi connectivity index (χ0v) is 19.0. The van der Waals surface area contributed by atoms with Crippen molar-refractivity contribution in [2.45, 2.75) is 33.6 Å². The molecule has 2 aromatic carbocycles. The van der Waals surface area contributed by atoms with Gasteiger partial charge >= 0.3 is 5.97 Å². The van der Waals surface area contributed by atoms with E-state index in [2.05, 4.69) is 15.4 Å². The predicted molar refractivity (Wildman–Crippen MR) is 126 cm³/mol. The maximum Gasteiger partial charge on any atom is 0.306 e.